The third-order valence-electron chi connectivity index (χ3n) is 3.85. The Hall–Kier alpha value is -0.340. The summed E-state index contributed by atoms with van der Waals surface area (Å²) in [4.78, 5) is 3.27. The van der Waals surface area contributed by atoms with Gasteiger partial charge in [-0.15, -0.1) is 11.3 Å². The number of hydrogen-bond donors (Lipinski definition) is 1. The van der Waals surface area contributed by atoms with Gasteiger partial charge in [0.05, 0.1) is 0 Å². The molecule has 0 amide bonds. The average molecular weight is 265 g/mol. The van der Waals surface area contributed by atoms with E-state index in [2.05, 4.69) is 36.6 Å². The van der Waals surface area contributed by atoms with Gasteiger partial charge in [0, 0.05) is 15.8 Å². The lowest BCUT2D eigenvalue weighted by Gasteiger charge is -2.17. The van der Waals surface area contributed by atoms with Gasteiger partial charge in [-0.1, -0.05) is 33.1 Å². The molecule has 0 radical (unpaired) electrons. The molecule has 2 heteroatoms. The van der Waals surface area contributed by atoms with Crippen LogP contribution in [-0.2, 0) is 12.8 Å². The molecule has 0 aromatic carbocycles. The van der Waals surface area contributed by atoms with E-state index in [1.807, 2.05) is 0 Å². The minimum absolute atomic E-state index is 0.618. The van der Waals surface area contributed by atoms with Gasteiger partial charge in [-0.05, 0) is 50.3 Å². The molecule has 1 unspecified atom stereocenters. The number of aryl methyl sites for hydroxylation is 2. The molecule has 0 saturated heterocycles. The molecular formula is C16H27NS. The van der Waals surface area contributed by atoms with Crippen molar-refractivity contribution < 1.29 is 0 Å². The molecule has 102 valence electrons. The maximum atomic E-state index is 3.74. The molecule has 1 aliphatic carbocycles. The minimum Gasteiger partial charge on any atom is -0.309 e. The Morgan fingerprint density at radius 3 is 2.83 bits per heavy atom. The zero-order valence-corrected chi connectivity index (χ0v) is 12.7. The van der Waals surface area contributed by atoms with Gasteiger partial charge in [-0.25, -0.2) is 0 Å². The number of unbranched alkanes of at least 4 members (excludes halogenated alkanes) is 2. The Morgan fingerprint density at radius 1 is 1.22 bits per heavy atom. The molecule has 1 heterocycles. The molecule has 0 spiro atoms. The van der Waals surface area contributed by atoms with Crippen molar-refractivity contribution in [3.05, 3.63) is 21.4 Å². The predicted molar refractivity (Wildman–Crippen MR) is 81.5 cm³/mol. The quantitative estimate of drug-likeness (QED) is 0.662. The van der Waals surface area contributed by atoms with Gasteiger partial charge in [-0.3, -0.25) is 0 Å². The second kappa shape index (κ2) is 7.30. The Labute approximate surface area is 116 Å². The minimum atomic E-state index is 0.618. The van der Waals surface area contributed by atoms with Crippen LogP contribution >= 0.6 is 11.3 Å². The summed E-state index contributed by atoms with van der Waals surface area (Å²) >= 11 is 2.08. The monoisotopic (exact) mass is 265 g/mol. The van der Waals surface area contributed by atoms with E-state index in [9.17, 15) is 0 Å². The van der Waals surface area contributed by atoms with E-state index >= 15 is 0 Å². The molecule has 1 nitrogen and oxygen atoms in total. The van der Waals surface area contributed by atoms with Crippen LogP contribution in [0.3, 0.4) is 0 Å². The number of thiophene rings is 1. The van der Waals surface area contributed by atoms with Crippen LogP contribution in [0.2, 0.25) is 0 Å². The highest BCUT2D eigenvalue weighted by molar-refractivity contribution is 7.12. The van der Waals surface area contributed by atoms with Crippen molar-refractivity contribution in [1.82, 2.24) is 5.32 Å². The highest BCUT2D eigenvalue weighted by Gasteiger charge is 2.19. The van der Waals surface area contributed by atoms with E-state index in [1.165, 1.54) is 51.4 Å². The molecule has 1 aromatic rings. The second-order valence-corrected chi connectivity index (χ2v) is 6.62. The SMILES string of the molecule is CCCCCC(NCCC)c1cc2c(s1)CCC2. The van der Waals surface area contributed by atoms with E-state index in [1.54, 1.807) is 15.3 Å². The van der Waals surface area contributed by atoms with Crippen LogP contribution < -0.4 is 5.32 Å². The van der Waals surface area contributed by atoms with Crippen LogP contribution in [-0.4, -0.2) is 6.54 Å². The van der Waals surface area contributed by atoms with Crippen molar-refractivity contribution >= 4 is 11.3 Å². The summed E-state index contributed by atoms with van der Waals surface area (Å²) in [5, 5.41) is 3.74. The van der Waals surface area contributed by atoms with E-state index in [4.69, 9.17) is 0 Å². The van der Waals surface area contributed by atoms with Crippen molar-refractivity contribution in [2.24, 2.45) is 0 Å². The highest BCUT2D eigenvalue weighted by Crippen LogP contribution is 2.35. The summed E-state index contributed by atoms with van der Waals surface area (Å²) in [5.74, 6) is 0. The lowest BCUT2D eigenvalue weighted by Crippen LogP contribution is -2.21. The second-order valence-electron chi connectivity index (χ2n) is 5.45. The van der Waals surface area contributed by atoms with Crippen molar-refractivity contribution in [1.29, 1.82) is 0 Å². The van der Waals surface area contributed by atoms with Crippen molar-refractivity contribution in [2.45, 2.75) is 71.3 Å². The largest absolute Gasteiger partial charge is 0.309 e. The van der Waals surface area contributed by atoms with Gasteiger partial charge < -0.3 is 5.32 Å². The maximum absolute atomic E-state index is 3.74. The third-order valence-corrected chi connectivity index (χ3v) is 5.20. The first-order chi connectivity index (χ1) is 8.85. The van der Waals surface area contributed by atoms with E-state index < -0.39 is 0 Å². The first-order valence-corrected chi connectivity index (χ1v) is 8.51. The smallest absolute Gasteiger partial charge is 0.0414 e. The molecule has 2 rings (SSSR count). The molecule has 1 aromatic heterocycles. The lowest BCUT2D eigenvalue weighted by molar-refractivity contribution is 0.480. The van der Waals surface area contributed by atoms with Gasteiger partial charge >= 0.3 is 0 Å². The zero-order chi connectivity index (χ0) is 12.8. The lowest BCUT2D eigenvalue weighted by atomic mass is 10.1. The van der Waals surface area contributed by atoms with Gasteiger partial charge in [-0.2, -0.15) is 0 Å². The van der Waals surface area contributed by atoms with Crippen LogP contribution in [0.25, 0.3) is 0 Å². The maximum Gasteiger partial charge on any atom is 0.0414 e. The topological polar surface area (TPSA) is 12.0 Å². The van der Waals surface area contributed by atoms with Crippen molar-refractivity contribution in [2.75, 3.05) is 6.54 Å². The standard InChI is InChI=1S/C16H27NS/c1-3-5-6-9-14(17-11-4-2)16-12-13-8-7-10-15(13)18-16/h12,14,17H,3-11H2,1-2H3. The fourth-order valence-corrected chi connectivity index (χ4v) is 4.15. The van der Waals surface area contributed by atoms with Crippen LogP contribution in [0.4, 0.5) is 0 Å². The molecule has 0 bridgehead atoms. The normalized spacial score (nSPS) is 15.9. The van der Waals surface area contributed by atoms with E-state index in [0.717, 1.165) is 6.54 Å². The van der Waals surface area contributed by atoms with Crippen LogP contribution in [0.5, 0.6) is 0 Å². The summed E-state index contributed by atoms with van der Waals surface area (Å²) in [7, 11) is 0. The molecule has 1 N–H and O–H groups in total. The molecule has 0 saturated carbocycles. The van der Waals surface area contributed by atoms with Gasteiger partial charge in [0.2, 0.25) is 0 Å². The Kier molecular flexibility index (Phi) is 5.71. The molecule has 1 atom stereocenters. The fraction of sp³-hybridized carbons (Fsp3) is 0.750. The highest BCUT2D eigenvalue weighted by atomic mass is 32.1. The summed E-state index contributed by atoms with van der Waals surface area (Å²) in [6.45, 7) is 5.69. The number of nitrogens with one attached hydrogen (secondary N) is 1. The predicted octanol–water partition coefficient (Wildman–Crippen LogP) is 4.86. The van der Waals surface area contributed by atoms with Crippen molar-refractivity contribution in [3.63, 3.8) is 0 Å². The number of hydrogen-bond acceptors (Lipinski definition) is 2. The van der Waals surface area contributed by atoms with Crippen LogP contribution in [0.1, 0.15) is 73.7 Å². The van der Waals surface area contributed by atoms with Gasteiger partial charge in [0.15, 0.2) is 0 Å². The first kappa shape index (κ1) is 14.1. The molecule has 1 aliphatic rings. The molecular weight excluding hydrogens is 238 g/mol. The first-order valence-electron chi connectivity index (χ1n) is 7.70. The third kappa shape index (κ3) is 3.58. The van der Waals surface area contributed by atoms with Crippen LogP contribution in [0, 0.1) is 0 Å². The van der Waals surface area contributed by atoms with Crippen LogP contribution in [0.15, 0.2) is 6.07 Å². The molecule has 18 heavy (non-hydrogen) atoms. The van der Waals surface area contributed by atoms with Gasteiger partial charge in [0.1, 0.15) is 0 Å². The Bertz CT molecular complexity index is 334. The van der Waals surface area contributed by atoms with Crippen molar-refractivity contribution in [3.8, 4) is 0 Å². The Balaban J connectivity index is 1.97. The fourth-order valence-electron chi connectivity index (χ4n) is 2.79. The average Bonchev–Trinajstić information content (AvgIpc) is 2.94. The number of fused-ring (bicyclic) bond motifs is 1. The number of rotatable bonds is 8. The van der Waals surface area contributed by atoms with Gasteiger partial charge in [0.25, 0.3) is 0 Å². The molecule has 0 fully saturated rings. The van der Waals surface area contributed by atoms with E-state index in [-0.39, 0.29) is 0 Å². The zero-order valence-electron chi connectivity index (χ0n) is 11.9. The van der Waals surface area contributed by atoms with E-state index in [0.29, 0.717) is 6.04 Å². The summed E-state index contributed by atoms with van der Waals surface area (Å²) in [6.07, 6.45) is 10.6. The summed E-state index contributed by atoms with van der Waals surface area (Å²) in [5.41, 5.74) is 1.65. The Morgan fingerprint density at radius 2 is 2.11 bits per heavy atom. The summed E-state index contributed by atoms with van der Waals surface area (Å²) < 4.78 is 0. The molecule has 0 aliphatic heterocycles. The summed E-state index contributed by atoms with van der Waals surface area (Å²) in [6, 6.07) is 3.11.